The Morgan fingerprint density at radius 2 is 1.28 bits per heavy atom. The van der Waals surface area contributed by atoms with Gasteiger partial charge in [0, 0.05) is 38.1 Å². The van der Waals surface area contributed by atoms with E-state index in [2.05, 4.69) is 102 Å². The number of rotatable bonds is 2. The molecule has 0 amide bonds. The number of aromatic amines is 1. The van der Waals surface area contributed by atoms with E-state index >= 15 is 0 Å². The van der Waals surface area contributed by atoms with Crippen LogP contribution in [0.1, 0.15) is 0 Å². The molecule has 0 unspecified atom stereocenters. The monoisotopic (exact) mass is 409 g/mol. The van der Waals surface area contributed by atoms with E-state index in [1.807, 2.05) is 12.1 Å². The molecule has 2 heteroatoms. The summed E-state index contributed by atoms with van der Waals surface area (Å²) in [6.07, 6.45) is 0. The summed E-state index contributed by atoms with van der Waals surface area (Å²) < 4.78 is 6.26. The summed E-state index contributed by atoms with van der Waals surface area (Å²) in [5, 5.41) is 4.79. The van der Waals surface area contributed by atoms with Gasteiger partial charge in [-0.15, -0.1) is 0 Å². The standard InChI is InChI=1S/C30H19NO/c1-2-7-19(8-3-1)20-14-16-27-26(17-20)23-15-13-21(18-28(23)31-27)22-10-6-11-25-24-9-4-5-12-29(24)32-30(22)25/h1-18,31H. The fourth-order valence-electron chi connectivity index (χ4n) is 4.86. The molecule has 0 radical (unpaired) electrons. The molecule has 0 aliphatic rings. The van der Waals surface area contributed by atoms with Gasteiger partial charge in [-0.25, -0.2) is 0 Å². The van der Waals surface area contributed by atoms with Crippen LogP contribution in [-0.4, -0.2) is 4.98 Å². The maximum absolute atomic E-state index is 6.26. The van der Waals surface area contributed by atoms with Crippen LogP contribution in [0.25, 0.3) is 66.0 Å². The smallest absolute Gasteiger partial charge is 0.143 e. The summed E-state index contributed by atoms with van der Waals surface area (Å²) in [5.41, 5.74) is 8.88. The number of nitrogens with one attached hydrogen (secondary N) is 1. The molecule has 1 N–H and O–H groups in total. The molecule has 0 atom stereocenters. The second-order valence-corrected chi connectivity index (χ2v) is 8.29. The quantitative estimate of drug-likeness (QED) is 0.304. The molecule has 2 aromatic heterocycles. The van der Waals surface area contributed by atoms with Crippen LogP contribution in [0.4, 0.5) is 0 Å². The van der Waals surface area contributed by atoms with Crippen molar-refractivity contribution in [1.82, 2.24) is 4.98 Å². The summed E-state index contributed by atoms with van der Waals surface area (Å²) >= 11 is 0. The summed E-state index contributed by atoms with van der Waals surface area (Å²) in [6, 6.07) is 38.5. The Balaban J connectivity index is 1.42. The summed E-state index contributed by atoms with van der Waals surface area (Å²) in [6.45, 7) is 0. The molecule has 150 valence electrons. The topological polar surface area (TPSA) is 28.9 Å². The molecule has 0 fully saturated rings. The van der Waals surface area contributed by atoms with Gasteiger partial charge in [-0.2, -0.15) is 0 Å². The van der Waals surface area contributed by atoms with E-state index in [0.717, 1.165) is 44.1 Å². The molecule has 0 saturated heterocycles. The Labute approximate surface area is 184 Å². The van der Waals surface area contributed by atoms with Crippen LogP contribution in [0.3, 0.4) is 0 Å². The minimum absolute atomic E-state index is 0.926. The van der Waals surface area contributed by atoms with E-state index in [1.54, 1.807) is 0 Å². The maximum atomic E-state index is 6.26. The first-order valence-electron chi connectivity index (χ1n) is 10.9. The van der Waals surface area contributed by atoms with E-state index in [1.165, 1.54) is 21.9 Å². The zero-order valence-corrected chi connectivity index (χ0v) is 17.3. The number of para-hydroxylation sites is 2. The molecular weight excluding hydrogens is 390 g/mol. The molecule has 0 spiro atoms. The number of aromatic nitrogens is 1. The van der Waals surface area contributed by atoms with Gasteiger partial charge in [-0.3, -0.25) is 0 Å². The van der Waals surface area contributed by atoms with Crippen molar-refractivity contribution < 1.29 is 4.42 Å². The van der Waals surface area contributed by atoms with Gasteiger partial charge in [-0.05, 0) is 41.0 Å². The Kier molecular flexibility index (Phi) is 3.58. The van der Waals surface area contributed by atoms with E-state index < -0.39 is 0 Å². The highest BCUT2D eigenvalue weighted by Gasteiger charge is 2.13. The molecule has 5 aromatic carbocycles. The first kappa shape index (κ1) is 17.4. The lowest BCUT2D eigenvalue weighted by molar-refractivity contribution is 0.670. The van der Waals surface area contributed by atoms with Gasteiger partial charge in [0.25, 0.3) is 0 Å². The summed E-state index contributed by atoms with van der Waals surface area (Å²) in [5.74, 6) is 0. The first-order valence-corrected chi connectivity index (χ1v) is 10.9. The van der Waals surface area contributed by atoms with E-state index in [-0.39, 0.29) is 0 Å². The Bertz CT molecular complexity index is 1770. The van der Waals surface area contributed by atoms with Crippen molar-refractivity contribution in [1.29, 1.82) is 0 Å². The fraction of sp³-hybridized carbons (Fsp3) is 0. The lowest BCUT2D eigenvalue weighted by atomic mass is 10.00. The van der Waals surface area contributed by atoms with Crippen LogP contribution in [0, 0.1) is 0 Å². The Morgan fingerprint density at radius 3 is 2.22 bits per heavy atom. The van der Waals surface area contributed by atoms with Crippen molar-refractivity contribution >= 4 is 43.7 Å². The lowest BCUT2D eigenvalue weighted by Crippen LogP contribution is -1.79. The maximum Gasteiger partial charge on any atom is 0.143 e. The molecule has 0 saturated carbocycles. The molecule has 32 heavy (non-hydrogen) atoms. The third-order valence-electron chi connectivity index (χ3n) is 6.42. The highest BCUT2D eigenvalue weighted by atomic mass is 16.3. The SMILES string of the molecule is c1ccc(-c2ccc3[nH]c4cc(-c5cccc6c5oc5ccccc56)ccc4c3c2)cc1. The second-order valence-electron chi connectivity index (χ2n) is 8.29. The minimum atomic E-state index is 0.926. The predicted molar refractivity (Wildman–Crippen MR) is 134 cm³/mol. The Morgan fingerprint density at radius 1 is 0.469 bits per heavy atom. The van der Waals surface area contributed by atoms with Crippen molar-refractivity contribution in [3.05, 3.63) is 109 Å². The number of hydrogen-bond acceptors (Lipinski definition) is 1. The highest BCUT2D eigenvalue weighted by Crippen LogP contribution is 2.38. The molecular formula is C30H19NO. The van der Waals surface area contributed by atoms with Gasteiger partial charge in [0.05, 0.1) is 0 Å². The van der Waals surface area contributed by atoms with Crippen LogP contribution in [0.5, 0.6) is 0 Å². The molecule has 2 nitrogen and oxygen atoms in total. The van der Waals surface area contributed by atoms with Crippen molar-refractivity contribution in [2.24, 2.45) is 0 Å². The molecule has 0 bridgehead atoms. The van der Waals surface area contributed by atoms with Gasteiger partial charge in [-0.1, -0.05) is 84.9 Å². The van der Waals surface area contributed by atoms with Gasteiger partial charge in [0.15, 0.2) is 0 Å². The van der Waals surface area contributed by atoms with Gasteiger partial charge in [0.2, 0.25) is 0 Å². The van der Waals surface area contributed by atoms with Crippen LogP contribution in [-0.2, 0) is 0 Å². The lowest BCUT2D eigenvalue weighted by Gasteiger charge is -2.04. The summed E-state index contributed by atoms with van der Waals surface area (Å²) in [7, 11) is 0. The number of fused-ring (bicyclic) bond motifs is 6. The molecule has 7 rings (SSSR count). The average molecular weight is 409 g/mol. The minimum Gasteiger partial charge on any atom is -0.455 e. The number of furan rings is 1. The van der Waals surface area contributed by atoms with Crippen molar-refractivity contribution in [3.63, 3.8) is 0 Å². The zero-order valence-electron chi connectivity index (χ0n) is 17.3. The average Bonchev–Trinajstić information content (AvgIpc) is 3.42. The molecule has 0 aliphatic heterocycles. The highest BCUT2D eigenvalue weighted by molar-refractivity contribution is 6.12. The van der Waals surface area contributed by atoms with Crippen molar-refractivity contribution in [3.8, 4) is 22.3 Å². The first-order chi connectivity index (χ1) is 15.8. The normalized spacial score (nSPS) is 11.8. The summed E-state index contributed by atoms with van der Waals surface area (Å²) in [4.78, 5) is 3.61. The third-order valence-corrected chi connectivity index (χ3v) is 6.42. The van der Waals surface area contributed by atoms with Gasteiger partial charge in [0.1, 0.15) is 11.2 Å². The van der Waals surface area contributed by atoms with Crippen molar-refractivity contribution in [2.45, 2.75) is 0 Å². The largest absolute Gasteiger partial charge is 0.455 e. The predicted octanol–water partition coefficient (Wildman–Crippen LogP) is 8.55. The Hall–Kier alpha value is -4.30. The third kappa shape index (κ3) is 2.53. The van der Waals surface area contributed by atoms with Crippen LogP contribution in [0.2, 0.25) is 0 Å². The van der Waals surface area contributed by atoms with Crippen molar-refractivity contribution in [2.75, 3.05) is 0 Å². The van der Waals surface area contributed by atoms with Crippen LogP contribution < -0.4 is 0 Å². The van der Waals surface area contributed by atoms with Gasteiger partial charge >= 0.3 is 0 Å². The molecule has 2 heterocycles. The molecule has 0 aliphatic carbocycles. The number of H-pyrrole nitrogens is 1. The number of benzene rings is 5. The van der Waals surface area contributed by atoms with Gasteiger partial charge < -0.3 is 9.40 Å². The molecule has 7 aromatic rings. The van der Waals surface area contributed by atoms with E-state index in [0.29, 0.717) is 0 Å². The fourth-order valence-corrected chi connectivity index (χ4v) is 4.86. The van der Waals surface area contributed by atoms with E-state index in [4.69, 9.17) is 4.42 Å². The number of hydrogen-bond donors (Lipinski definition) is 1. The van der Waals surface area contributed by atoms with E-state index in [9.17, 15) is 0 Å². The zero-order chi connectivity index (χ0) is 21.1. The second kappa shape index (κ2) is 6.60. The van der Waals surface area contributed by atoms with Crippen LogP contribution >= 0.6 is 0 Å². The van der Waals surface area contributed by atoms with Crippen LogP contribution in [0.15, 0.2) is 114 Å².